The summed E-state index contributed by atoms with van der Waals surface area (Å²) in [7, 11) is 0. The van der Waals surface area contributed by atoms with E-state index in [4.69, 9.17) is 4.74 Å². The second-order valence-corrected chi connectivity index (χ2v) is 14.3. The maximum Gasteiger partial charge on any atom is 0.419 e. The number of esters is 1. The Morgan fingerprint density at radius 1 is 0.585 bits per heavy atom. The fourth-order valence-electron chi connectivity index (χ4n) is 9.14. The van der Waals surface area contributed by atoms with Crippen LogP contribution in [0.15, 0.2) is 164 Å². The third-order valence-electron chi connectivity index (χ3n) is 11.4. The minimum Gasteiger partial charge on any atom is -0.451 e. The molecule has 0 aliphatic carbocycles. The number of carbonyl (C=O) groups is 1. The van der Waals surface area contributed by atoms with E-state index in [-0.39, 0.29) is 12.6 Å². The van der Waals surface area contributed by atoms with Crippen molar-refractivity contribution in [2.24, 2.45) is 0 Å². The highest BCUT2D eigenvalue weighted by atomic mass is 16.5. The first-order valence-corrected chi connectivity index (χ1v) is 18.2. The molecule has 6 heterocycles. The molecule has 1 spiro atoms. The first kappa shape index (κ1) is 30.0. The lowest BCUT2D eigenvalue weighted by Gasteiger charge is -2.21. The highest BCUT2D eigenvalue weighted by Gasteiger charge is 2.69. The van der Waals surface area contributed by atoms with Crippen molar-refractivity contribution in [2.45, 2.75) is 19.1 Å². The number of carbonyl (C=O) groups excluding carboxylic acids is 1. The van der Waals surface area contributed by atoms with E-state index in [1.165, 1.54) is 5.56 Å². The number of benzene rings is 5. The normalized spacial score (nSPS) is 16.1. The van der Waals surface area contributed by atoms with Crippen LogP contribution >= 0.6 is 0 Å². The highest BCUT2D eigenvalue weighted by Crippen LogP contribution is 2.52. The molecule has 0 radical (unpaired) electrons. The largest absolute Gasteiger partial charge is 0.451 e. The van der Waals surface area contributed by atoms with Gasteiger partial charge in [0.2, 0.25) is 17.1 Å². The number of aryl methyl sites for hydroxylation is 1. The Kier molecular flexibility index (Phi) is 6.30. The van der Waals surface area contributed by atoms with E-state index < -0.39 is 5.66 Å². The lowest BCUT2D eigenvalue weighted by molar-refractivity contribution is -0.955. The van der Waals surface area contributed by atoms with Gasteiger partial charge in [-0.05, 0) is 71.0 Å². The van der Waals surface area contributed by atoms with Gasteiger partial charge in [0.15, 0.2) is 25.5 Å². The van der Waals surface area contributed by atoms with Gasteiger partial charge in [-0.15, -0.1) is 9.13 Å². The van der Waals surface area contributed by atoms with Gasteiger partial charge in [0.05, 0.1) is 22.1 Å². The van der Waals surface area contributed by atoms with Gasteiger partial charge in [0.25, 0.3) is 5.69 Å². The molecule has 0 amide bonds. The van der Waals surface area contributed by atoms with Crippen LogP contribution in [0.5, 0.6) is 0 Å². The Bertz CT molecular complexity index is 2840. The smallest absolute Gasteiger partial charge is 0.419 e. The zero-order chi connectivity index (χ0) is 35.3. The topological polar surface area (TPSA) is 37.9 Å². The van der Waals surface area contributed by atoms with Crippen molar-refractivity contribution in [3.63, 3.8) is 0 Å². The standard InChI is InChI=1S/C48H34N3O2/c1-31-18-20-33(21-19-31)36-29-43-38-15-7-8-16-41(38)48-45-39(42-17-9-10-23-50(42)48)27-35(32-11-3-2-4-12-32)28-40(45)46-37-14-6-5-13-34(37)22-24-49(46)25-26-53-47(52)44(30-36)51(43)48/h2-24,27-30H,25-26H2,1H3/q+3. The molecule has 11 rings (SSSR count). The van der Waals surface area contributed by atoms with Gasteiger partial charge in [-0.2, -0.15) is 4.57 Å². The number of hydrogen-bond acceptors (Lipinski definition) is 2. The number of pyridine rings is 3. The van der Waals surface area contributed by atoms with Crippen molar-refractivity contribution >= 4 is 16.7 Å². The van der Waals surface area contributed by atoms with E-state index in [0.717, 1.165) is 77.9 Å². The molecule has 8 aromatic rings. The molecule has 0 bridgehead atoms. The van der Waals surface area contributed by atoms with Gasteiger partial charge >= 0.3 is 11.6 Å². The predicted molar refractivity (Wildman–Crippen MR) is 205 cm³/mol. The SMILES string of the molecule is Cc1ccc(-c2cc3[n+]4c(c2)-c2ccccc2C42c4c(cc(-c5ccccc5)cc4-c4cccc[n+]42)-c2c4ccccc4cc[n+]2CCOC3=O)cc1. The summed E-state index contributed by atoms with van der Waals surface area (Å²) in [6, 6.07) is 54.1. The van der Waals surface area contributed by atoms with Gasteiger partial charge in [-0.1, -0.05) is 90.5 Å². The zero-order valence-electron chi connectivity index (χ0n) is 29.2. The van der Waals surface area contributed by atoms with Crippen molar-refractivity contribution in [2.75, 3.05) is 6.61 Å². The van der Waals surface area contributed by atoms with E-state index in [1.807, 2.05) is 6.07 Å². The van der Waals surface area contributed by atoms with Crippen LogP contribution in [0.2, 0.25) is 0 Å². The summed E-state index contributed by atoms with van der Waals surface area (Å²) in [4.78, 5) is 14.8. The van der Waals surface area contributed by atoms with Crippen LogP contribution in [0.25, 0.3) is 66.8 Å². The average molecular weight is 685 g/mol. The lowest BCUT2D eigenvalue weighted by atomic mass is 9.82. The van der Waals surface area contributed by atoms with E-state index >= 15 is 0 Å². The molecule has 1 atom stereocenters. The van der Waals surface area contributed by atoms with Gasteiger partial charge in [0.1, 0.15) is 11.1 Å². The van der Waals surface area contributed by atoms with Gasteiger partial charge < -0.3 is 4.74 Å². The van der Waals surface area contributed by atoms with Crippen molar-refractivity contribution in [1.82, 2.24) is 0 Å². The molecule has 3 aliphatic rings. The summed E-state index contributed by atoms with van der Waals surface area (Å²) in [5.74, 6) is -0.341. The lowest BCUT2D eigenvalue weighted by Crippen LogP contribution is -2.73. The monoisotopic (exact) mass is 684 g/mol. The Labute approximate surface area is 307 Å². The summed E-state index contributed by atoms with van der Waals surface area (Å²) in [5.41, 5.74) is 13.9. The van der Waals surface area contributed by atoms with E-state index in [0.29, 0.717) is 12.2 Å². The van der Waals surface area contributed by atoms with Crippen LogP contribution in [0.4, 0.5) is 0 Å². The fraction of sp³-hybridized carbons (Fsp3) is 0.0833. The van der Waals surface area contributed by atoms with Crippen LogP contribution in [-0.4, -0.2) is 12.6 Å². The van der Waals surface area contributed by atoms with E-state index in [9.17, 15) is 4.79 Å². The first-order chi connectivity index (χ1) is 26.1. The Balaban J connectivity index is 1.36. The summed E-state index contributed by atoms with van der Waals surface area (Å²) in [5, 5.41) is 2.31. The van der Waals surface area contributed by atoms with Crippen LogP contribution < -0.4 is 13.7 Å². The minimum absolute atomic E-state index is 0.225. The molecule has 53 heavy (non-hydrogen) atoms. The van der Waals surface area contributed by atoms with Crippen molar-refractivity contribution in [3.05, 3.63) is 186 Å². The molecule has 5 nitrogen and oxygen atoms in total. The average Bonchev–Trinajstić information content (AvgIpc) is 3.67. The first-order valence-electron chi connectivity index (χ1n) is 18.2. The molecular formula is C48H34N3O2+3. The number of aromatic nitrogens is 3. The summed E-state index contributed by atoms with van der Waals surface area (Å²) >= 11 is 0. The zero-order valence-corrected chi connectivity index (χ0v) is 29.2. The molecular weight excluding hydrogens is 651 g/mol. The molecule has 250 valence electrons. The Hall–Kier alpha value is -6.72. The van der Waals surface area contributed by atoms with Crippen LogP contribution in [0.3, 0.4) is 0 Å². The van der Waals surface area contributed by atoms with Crippen molar-refractivity contribution in [1.29, 1.82) is 0 Å². The number of rotatable bonds is 2. The second kappa shape index (κ2) is 11.1. The van der Waals surface area contributed by atoms with Crippen molar-refractivity contribution in [3.8, 4) is 56.0 Å². The summed E-state index contributed by atoms with van der Waals surface area (Å²) in [6.07, 6.45) is 4.33. The van der Waals surface area contributed by atoms with E-state index in [2.05, 4.69) is 179 Å². The number of nitrogens with zero attached hydrogens (tertiary/aromatic N) is 3. The maximum atomic E-state index is 14.8. The summed E-state index contributed by atoms with van der Waals surface area (Å²) < 4.78 is 13.3. The Morgan fingerprint density at radius 3 is 2.19 bits per heavy atom. The second-order valence-electron chi connectivity index (χ2n) is 14.3. The molecule has 3 aromatic heterocycles. The third kappa shape index (κ3) is 4.13. The molecule has 3 aliphatic heterocycles. The van der Waals surface area contributed by atoms with Gasteiger partial charge in [-0.3, -0.25) is 0 Å². The molecule has 0 fully saturated rings. The summed E-state index contributed by atoms with van der Waals surface area (Å²) in [6.45, 7) is 2.83. The molecule has 0 saturated heterocycles. The minimum atomic E-state index is -0.943. The van der Waals surface area contributed by atoms with Crippen LogP contribution in [0.1, 0.15) is 27.2 Å². The van der Waals surface area contributed by atoms with Crippen LogP contribution in [0, 0.1) is 6.92 Å². The highest BCUT2D eigenvalue weighted by molar-refractivity contribution is 5.97. The van der Waals surface area contributed by atoms with E-state index in [1.54, 1.807) is 0 Å². The fourth-order valence-corrected chi connectivity index (χ4v) is 9.14. The molecule has 0 saturated carbocycles. The predicted octanol–water partition coefficient (Wildman–Crippen LogP) is 8.44. The van der Waals surface area contributed by atoms with Crippen molar-refractivity contribution < 1.29 is 23.2 Å². The number of cyclic esters (lactones) is 1. The van der Waals surface area contributed by atoms with Crippen LogP contribution in [-0.2, 0) is 16.9 Å². The van der Waals surface area contributed by atoms with Gasteiger partial charge in [0, 0.05) is 30.3 Å². The Morgan fingerprint density at radius 2 is 1.30 bits per heavy atom. The molecule has 5 aromatic carbocycles. The number of ether oxygens (including phenoxy) is 1. The van der Waals surface area contributed by atoms with Gasteiger partial charge in [-0.25, -0.2) is 4.79 Å². The number of hydrogen-bond donors (Lipinski definition) is 0. The number of fused-ring (bicyclic) bond motifs is 8. The molecule has 5 heteroatoms. The quantitative estimate of drug-likeness (QED) is 0.135. The molecule has 0 N–H and O–H groups in total. The third-order valence-corrected chi connectivity index (χ3v) is 11.4. The maximum absolute atomic E-state index is 14.8. The molecule has 1 unspecified atom stereocenters.